The summed E-state index contributed by atoms with van der Waals surface area (Å²) < 4.78 is 1.88. The SMILES string of the molecule is CCn1cc(C2=NO[C@H](C(=O)NC3CCCCC3)C2)c(C)n1. The molecular weight excluding hydrogens is 280 g/mol. The molecule has 1 aliphatic heterocycles. The summed E-state index contributed by atoms with van der Waals surface area (Å²) in [6.45, 7) is 4.82. The van der Waals surface area contributed by atoms with Crippen molar-refractivity contribution in [3.05, 3.63) is 17.5 Å². The monoisotopic (exact) mass is 304 g/mol. The molecule has 2 aliphatic rings. The molecule has 0 unspecified atom stereocenters. The molecule has 1 saturated carbocycles. The molecule has 0 bridgehead atoms. The highest BCUT2D eigenvalue weighted by Crippen LogP contribution is 2.21. The standard InChI is InChI=1S/C16H24N4O2/c1-3-20-10-13(11(2)18-20)14-9-15(22-19-14)16(21)17-12-7-5-4-6-8-12/h10,12,15H,3-9H2,1-2H3,(H,17,21)/t15-/m0/s1. The molecular formula is C16H24N4O2. The molecule has 22 heavy (non-hydrogen) atoms. The third-order valence-corrected chi connectivity index (χ3v) is 4.49. The zero-order valence-electron chi connectivity index (χ0n) is 13.3. The van der Waals surface area contributed by atoms with Crippen LogP contribution in [0.4, 0.5) is 0 Å². The largest absolute Gasteiger partial charge is 0.382 e. The quantitative estimate of drug-likeness (QED) is 0.926. The number of aromatic nitrogens is 2. The fourth-order valence-corrected chi connectivity index (χ4v) is 3.18. The minimum Gasteiger partial charge on any atom is -0.382 e. The molecule has 1 aromatic rings. The third-order valence-electron chi connectivity index (χ3n) is 4.49. The van der Waals surface area contributed by atoms with Crippen molar-refractivity contribution in [1.29, 1.82) is 0 Å². The van der Waals surface area contributed by atoms with E-state index in [0.717, 1.165) is 36.4 Å². The van der Waals surface area contributed by atoms with Crippen LogP contribution in [0.2, 0.25) is 0 Å². The Bertz CT molecular complexity index is 573. The second-order valence-corrected chi connectivity index (χ2v) is 6.16. The van der Waals surface area contributed by atoms with Crippen LogP contribution in [-0.4, -0.2) is 33.5 Å². The van der Waals surface area contributed by atoms with Gasteiger partial charge in [-0.2, -0.15) is 5.10 Å². The van der Waals surface area contributed by atoms with Crippen LogP contribution in [0.15, 0.2) is 11.4 Å². The minimum atomic E-state index is -0.499. The van der Waals surface area contributed by atoms with Gasteiger partial charge in [0, 0.05) is 30.8 Å². The van der Waals surface area contributed by atoms with Gasteiger partial charge in [-0.3, -0.25) is 9.48 Å². The molecule has 1 fully saturated rings. The number of rotatable bonds is 4. The van der Waals surface area contributed by atoms with Crippen LogP contribution in [0.3, 0.4) is 0 Å². The normalized spacial score (nSPS) is 22.3. The molecule has 6 heteroatoms. The van der Waals surface area contributed by atoms with Crippen LogP contribution in [0.1, 0.15) is 56.7 Å². The molecule has 0 saturated heterocycles. The number of hydrogen-bond acceptors (Lipinski definition) is 4. The first kappa shape index (κ1) is 15.1. The van der Waals surface area contributed by atoms with E-state index in [2.05, 4.69) is 15.6 Å². The van der Waals surface area contributed by atoms with Gasteiger partial charge < -0.3 is 10.2 Å². The van der Waals surface area contributed by atoms with Crippen LogP contribution in [0.5, 0.6) is 0 Å². The summed E-state index contributed by atoms with van der Waals surface area (Å²) >= 11 is 0. The van der Waals surface area contributed by atoms with Gasteiger partial charge in [0.1, 0.15) is 0 Å². The summed E-state index contributed by atoms with van der Waals surface area (Å²) in [7, 11) is 0. The summed E-state index contributed by atoms with van der Waals surface area (Å²) in [5, 5.41) is 11.6. The minimum absolute atomic E-state index is 0.0359. The highest BCUT2D eigenvalue weighted by atomic mass is 16.6. The van der Waals surface area contributed by atoms with E-state index < -0.39 is 6.10 Å². The summed E-state index contributed by atoms with van der Waals surface area (Å²) in [6.07, 6.45) is 7.83. The number of hydrogen-bond donors (Lipinski definition) is 1. The Morgan fingerprint density at radius 3 is 2.86 bits per heavy atom. The van der Waals surface area contributed by atoms with Gasteiger partial charge >= 0.3 is 0 Å². The van der Waals surface area contributed by atoms with Crippen LogP contribution in [0.25, 0.3) is 0 Å². The predicted octanol–water partition coefficient (Wildman–Crippen LogP) is 2.15. The number of carbonyl (C=O) groups excluding carboxylic acids is 1. The molecule has 1 aromatic heterocycles. The van der Waals surface area contributed by atoms with E-state index >= 15 is 0 Å². The number of nitrogens with one attached hydrogen (secondary N) is 1. The lowest BCUT2D eigenvalue weighted by Crippen LogP contribution is -2.42. The van der Waals surface area contributed by atoms with Crippen LogP contribution >= 0.6 is 0 Å². The number of nitrogens with zero attached hydrogens (tertiary/aromatic N) is 3. The van der Waals surface area contributed by atoms with Gasteiger partial charge in [-0.1, -0.05) is 24.4 Å². The molecule has 120 valence electrons. The van der Waals surface area contributed by atoms with E-state index in [1.165, 1.54) is 19.3 Å². The number of oxime groups is 1. The topological polar surface area (TPSA) is 68.5 Å². The Morgan fingerprint density at radius 1 is 1.41 bits per heavy atom. The Balaban J connectivity index is 1.58. The van der Waals surface area contributed by atoms with Gasteiger partial charge in [0.25, 0.3) is 5.91 Å². The van der Waals surface area contributed by atoms with E-state index in [9.17, 15) is 4.79 Å². The Labute approximate surface area is 130 Å². The molecule has 0 aromatic carbocycles. The second-order valence-electron chi connectivity index (χ2n) is 6.16. The van der Waals surface area contributed by atoms with Crippen molar-refractivity contribution in [2.45, 2.75) is 71.1 Å². The molecule has 0 radical (unpaired) electrons. The summed E-state index contributed by atoms with van der Waals surface area (Å²) in [5.41, 5.74) is 2.73. The first-order chi connectivity index (χ1) is 10.7. The molecule has 2 heterocycles. The van der Waals surface area contributed by atoms with Crippen molar-refractivity contribution in [3.63, 3.8) is 0 Å². The van der Waals surface area contributed by atoms with Crippen LogP contribution < -0.4 is 5.32 Å². The van der Waals surface area contributed by atoms with Crippen molar-refractivity contribution >= 4 is 11.6 Å². The highest BCUT2D eigenvalue weighted by Gasteiger charge is 2.31. The first-order valence-corrected chi connectivity index (χ1v) is 8.25. The second kappa shape index (κ2) is 6.50. The van der Waals surface area contributed by atoms with Gasteiger partial charge in [-0.15, -0.1) is 0 Å². The van der Waals surface area contributed by atoms with Gasteiger partial charge in [0.15, 0.2) is 0 Å². The lowest BCUT2D eigenvalue weighted by atomic mass is 9.95. The van der Waals surface area contributed by atoms with Crippen molar-refractivity contribution in [2.24, 2.45) is 5.16 Å². The maximum atomic E-state index is 12.3. The average Bonchev–Trinajstić information content (AvgIpc) is 3.14. The van der Waals surface area contributed by atoms with Gasteiger partial charge in [0.05, 0.1) is 11.4 Å². The first-order valence-electron chi connectivity index (χ1n) is 8.25. The van der Waals surface area contributed by atoms with Crippen molar-refractivity contribution < 1.29 is 9.63 Å². The molecule has 1 atom stereocenters. The van der Waals surface area contributed by atoms with Gasteiger partial charge in [0.2, 0.25) is 6.10 Å². The molecule has 1 N–H and O–H groups in total. The number of aryl methyl sites for hydroxylation is 2. The van der Waals surface area contributed by atoms with Crippen LogP contribution in [0, 0.1) is 6.92 Å². The lowest BCUT2D eigenvalue weighted by molar-refractivity contribution is -0.132. The molecule has 0 spiro atoms. The predicted molar refractivity (Wildman–Crippen MR) is 83.7 cm³/mol. The number of amides is 1. The van der Waals surface area contributed by atoms with Crippen LogP contribution in [-0.2, 0) is 16.2 Å². The zero-order chi connectivity index (χ0) is 15.5. The van der Waals surface area contributed by atoms with E-state index in [-0.39, 0.29) is 5.91 Å². The fraction of sp³-hybridized carbons (Fsp3) is 0.688. The highest BCUT2D eigenvalue weighted by molar-refractivity contribution is 6.04. The summed E-state index contributed by atoms with van der Waals surface area (Å²) in [5.74, 6) is -0.0359. The molecule has 6 nitrogen and oxygen atoms in total. The molecule has 1 aliphatic carbocycles. The Kier molecular flexibility index (Phi) is 4.45. The van der Waals surface area contributed by atoms with E-state index in [0.29, 0.717) is 12.5 Å². The fourth-order valence-electron chi connectivity index (χ4n) is 3.18. The molecule has 3 rings (SSSR count). The zero-order valence-corrected chi connectivity index (χ0v) is 13.3. The summed E-state index contributed by atoms with van der Waals surface area (Å²) in [6, 6.07) is 0.304. The number of carbonyl (C=O) groups is 1. The smallest absolute Gasteiger partial charge is 0.264 e. The third kappa shape index (κ3) is 3.15. The van der Waals surface area contributed by atoms with Crippen molar-refractivity contribution in [1.82, 2.24) is 15.1 Å². The Hall–Kier alpha value is -1.85. The Morgan fingerprint density at radius 2 is 2.18 bits per heavy atom. The van der Waals surface area contributed by atoms with E-state index in [1.807, 2.05) is 24.7 Å². The van der Waals surface area contributed by atoms with Crippen molar-refractivity contribution in [2.75, 3.05) is 0 Å². The van der Waals surface area contributed by atoms with E-state index in [4.69, 9.17) is 4.84 Å². The van der Waals surface area contributed by atoms with Gasteiger partial charge in [-0.05, 0) is 26.7 Å². The van der Waals surface area contributed by atoms with Crippen molar-refractivity contribution in [3.8, 4) is 0 Å². The molecule has 1 amide bonds. The lowest BCUT2D eigenvalue weighted by Gasteiger charge is -2.23. The average molecular weight is 304 g/mol. The maximum Gasteiger partial charge on any atom is 0.264 e. The van der Waals surface area contributed by atoms with E-state index in [1.54, 1.807) is 0 Å². The van der Waals surface area contributed by atoms with Gasteiger partial charge in [-0.25, -0.2) is 0 Å². The maximum absolute atomic E-state index is 12.3. The summed E-state index contributed by atoms with van der Waals surface area (Å²) in [4.78, 5) is 17.7.